The Kier molecular flexibility index (Phi) is 15.5. The van der Waals surface area contributed by atoms with Crippen molar-refractivity contribution in [3.8, 4) is 0 Å². The first kappa shape index (κ1) is 19.2. The number of ether oxygens (including phenoxy) is 2. The lowest BCUT2D eigenvalue weighted by atomic mass is 10.2. The number of methoxy groups -OCH3 is 2. The van der Waals surface area contributed by atoms with E-state index < -0.39 is 0 Å². The Balaban J connectivity index is 3.07. The highest BCUT2D eigenvalue weighted by Crippen LogP contribution is 2.26. The van der Waals surface area contributed by atoms with Gasteiger partial charge in [-0.1, -0.05) is 34.4 Å². The zero-order valence-electron chi connectivity index (χ0n) is 10.5. The Morgan fingerprint density at radius 1 is 0.778 bits per heavy atom. The minimum atomic E-state index is 0.613. The monoisotopic (exact) mass is 362 g/mol. The van der Waals surface area contributed by atoms with Crippen molar-refractivity contribution in [2.75, 3.05) is 25.7 Å². The van der Waals surface area contributed by atoms with Crippen LogP contribution in [-0.4, -0.2) is 34.5 Å². The molecule has 0 saturated heterocycles. The quantitative estimate of drug-likeness (QED) is 0.313. The van der Waals surface area contributed by atoms with Gasteiger partial charge in [-0.2, -0.15) is 0 Å². The van der Waals surface area contributed by atoms with Crippen LogP contribution in [0.2, 0.25) is 0 Å². The van der Waals surface area contributed by atoms with Crippen LogP contribution in [0.1, 0.15) is 25.7 Å². The Hall–Kier alpha value is 1.18. The van der Waals surface area contributed by atoms with E-state index in [0.29, 0.717) is 8.77 Å². The molecule has 106 valence electrons. The van der Waals surface area contributed by atoms with Gasteiger partial charge >= 0.3 is 0 Å². The Morgan fingerprint density at radius 3 is 1.50 bits per heavy atom. The third-order valence-corrected chi connectivity index (χ3v) is 7.63. The average molecular weight is 363 g/mol. The topological polar surface area (TPSA) is 18.5 Å². The second-order valence-corrected chi connectivity index (χ2v) is 9.17. The summed E-state index contributed by atoms with van der Waals surface area (Å²) in [6.07, 6.45) is 5.01. The number of rotatable bonds is 9. The van der Waals surface area contributed by atoms with Gasteiger partial charge in [0, 0.05) is 11.5 Å². The average Bonchev–Trinajstić information content (AvgIpc) is 2.40. The van der Waals surface area contributed by atoms with Crippen LogP contribution in [0.15, 0.2) is 0 Å². The number of thiocarbonyl (C=S) groups is 2. The lowest BCUT2D eigenvalue weighted by molar-refractivity contribution is 0.426. The van der Waals surface area contributed by atoms with Crippen LogP contribution < -0.4 is 0 Å². The number of hydrogen-bond donors (Lipinski definition) is 0. The maximum Gasteiger partial charge on any atom is 0.230 e. The van der Waals surface area contributed by atoms with Gasteiger partial charge in [0.1, 0.15) is 0 Å². The van der Waals surface area contributed by atoms with Gasteiger partial charge in [0.05, 0.1) is 14.2 Å². The fourth-order valence-corrected chi connectivity index (χ4v) is 5.12. The van der Waals surface area contributed by atoms with Crippen LogP contribution in [0.3, 0.4) is 0 Å². The molecule has 0 radical (unpaired) electrons. The molecule has 0 rings (SSSR count). The van der Waals surface area contributed by atoms with Gasteiger partial charge in [0.15, 0.2) is 0 Å². The molecule has 0 amide bonds. The van der Waals surface area contributed by atoms with Gasteiger partial charge in [0.25, 0.3) is 0 Å². The first-order valence-electron chi connectivity index (χ1n) is 5.45. The summed E-state index contributed by atoms with van der Waals surface area (Å²) in [6, 6.07) is 0. The predicted octanol–water partition coefficient (Wildman–Crippen LogP) is 5.17. The first-order chi connectivity index (χ1) is 8.70. The molecule has 0 aliphatic heterocycles. The summed E-state index contributed by atoms with van der Waals surface area (Å²) in [6.45, 7) is 0. The van der Waals surface area contributed by atoms with Gasteiger partial charge in [-0.05, 0) is 58.9 Å². The van der Waals surface area contributed by atoms with Gasteiger partial charge < -0.3 is 9.47 Å². The summed E-state index contributed by atoms with van der Waals surface area (Å²) in [4.78, 5) is 0. The molecule has 0 aliphatic rings. The van der Waals surface area contributed by atoms with Crippen LogP contribution >= 0.6 is 67.6 Å². The van der Waals surface area contributed by atoms with Crippen molar-refractivity contribution < 1.29 is 9.47 Å². The molecular weight excluding hydrogens is 345 g/mol. The molecule has 0 aliphatic carbocycles. The van der Waals surface area contributed by atoms with E-state index in [9.17, 15) is 0 Å². The molecular formula is C10H18O2S6. The van der Waals surface area contributed by atoms with E-state index in [4.69, 9.17) is 33.9 Å². The van der Waals surface area contributed by atoms with E-state index in [-0.39, 0.29) is 0 Å². The fraction of sp³-hybridized carbons (Fsp3) is 0.800. The summed E-state index contributed by atoms with van der Waals surface area (Å²) in [5, 5.41) is 0. The second-order valence-electron chi connectivity index (χ2n) is 3.13. The molecule has 2 nitrogen and oxygen atoms in total. The standard InChI is InChI=1S/C10H18O2S6/c1-11-9(13)17-15-7-5-3-4-6-8-16-18-10(14)12-2/h3-8H2,1-2H3. The molecule has 0 atom stereocenters. The molecule has 0 fully saturated rings. The largest absolute Gasteiger partial charge is 0.481 e. The molecule has 0 N–H and O–H groups in total. The van der Waals surface area contributed by atoms with Crippen molar-refractivity contribution in [1.82, 2.24) is 0 Å². The van der Waals surface area contributed by atoms with E-state index >= 15 is 0 Å². The maximum atomic E-state index is 4.93. The summed E-state index contributed by atoms with van der Waals surface area (Å²) in [5.74, 6) is 2.26. The highest BCUT2D eigenvalue weighted by molar-refractivity contribution is 8.83. The molecule has 0 aromatic carbocycles. The lowest BCUT2D eigenvalue weighted by Gasteiger charge is -2.02. The van der Waals surface area contributed by atoms with Crippen molar-refractivity contribution in [3.05, 3.63) is 0 Å². The molecule has 0 aromatic heterocycles. The second kappa shape index (κ2) is 14.6. The molecule has 0 aromatic rings. The van der Waals surface area contributed by atoms with E-state index in [1.807, 2.05) is 0 Å². The van der Waals surface area contributed by atoms with Crippen molar-refractivity contribution in [3.63, 3.8) is 0 Å². The fourth-order valence-electron chi connectivity index (χ4n) is 0.923. The Labute approximate surface area is 136 Å². The van der Waals surface area contributed by atoms with Crippen molar-refractivity contribution in [2.24, 2.45) is 0 Å². The maximum absolute atomic E-state index is 4.93. The van der Waals surface area contributed by atoms with Gasteiger partial charge in [-0.25, -0.2) is 0 Å². The minimum absolute atomic E-state index is 0.613. The summed E-state index contributed by atoms with van der Waals surface area (Å²) in [5.41, 5.74) is 0. The Bertz CT molecular complexity index is 212. The number of hydrogen-bond acceptors (Lipinski definition) is 8. The molecule has 0 heterocycles. The SMILES string of the molecule is COC(=S)SSCCCCCCSSC(=S)OC. The highest BCUT2D eigenvalue weighted by Gasteiger charge is 1.98. The number of unbranched alkanes of at least 4 members (excludes halogenated alkanes) is 3. The zero-order chi connectivity index (χ0) is 13.6. The molecule has 18 heavy (non-hydrogen) atoms. The van der Waals surface area contributed by atoms with Crippen molar-refractivity contribution >= 4 is 76.4 Å². The summed E-state index contributed by atoms with van der Waals surface area (Å²) >= 11 is 9.86. The highest BCUT2D eigenvalue weighted by atomic mass is 33.1. The van der Waals surface area contributed by atoms with E-state index in [1.165, 1.54) is 25.7 Å². The van der Waals surface area contributed by atoms with Gasteiger partial charge in [0.2, 0.25) is 8.77 Å². The zero-order valence-corrected chi connectivity index (χ0v) is 15.4. The molecule has 0 bridgehead atoms. The van der Waals surface area contributed by atoms with Crippen LogP contribution in [-0.2, 0) is 9.47 Å². The van der Waals surface area contributed by atoms with Crippen LogP contribution in [0, 0.1) is 0 Å². The first-order valence-corrected chi connectivity index (χ1v) is 10.9. The van der Waals surface area contributed by atoms with Crippen LogP contribution in [0.25, 0.3) is 0 Å². The molecule has 0 spiro atoms. The summed E-state index contributed by atoms with van der Waals surface area (Å²) < 4.78 is 11.0. The normalized spacial score (nSPS) is 10.1. The van der Waals surface area contributed by atoms with Gasteiger partial charge in [-0.15, -0.1) is 0 Å². The van der Waals surface area contributed by atoms with E-state index in [1.54, 1.807) is 57.4 Å². The Morgan fingerprint density at radius 2 is 1.17 bits per heavy atom. The molecule has 0 unspecified atom stereocenters. The van der Waals surface area contributed by atoms with Crippen LogP contribution in [0.5, 0.6) is 0 Å². The molecule has 8 heteroatoms. The summed E-state index contributed by atoms with van der Waals surface area (Å²) in [7, 11) is 9.85. The minimum Gasteiger partial charge on any atom is -0.481 e. The van der Waals surface area contributed by atoms with Crippen LogP contribution in [0.4, 0.5) is 0 Å². The smallest absolute Gasteiger partial charge is 0.230 e. The van der Waals surface area contributed by atoms with Crippen molar-refractivity contribution in [1.29, 1.82) is 0 Å². The third kappa shape index (κ3) is 13.6. The lowest BCUT2D eigenvalue weighted by Crippen LogP contribution is -1.89. The molecule has 0 saturated carbocycles. The predicted molar refractivity (Wildman–Crippen MR) is 97.8 cm³/mol. The van der Waals surface area contributed by atoms with E-state index in [0.717, 1.165) is 11.5 Å². The van der Waals surface area contributed by atoms with Crippen molar-refractivity contribution in [2.45, 2.75) is 25.7 Å². The van der Waals surface area contributed by atoms with E-state index in [2.05, 4.69) is 0 Å². The third-order valence-electron chi connectivity index (χ3n) is 1.79. The van der Waals surface area contributed by atoms with Gasteiger partial charge in [-0.3, -0.25) is 0 Å².